The lowest BCUT2D eigenvalue weighted by Crippen LogP contribution is -2.08. The highest BCUT2D eigenvalue weighted by molar-refractivity contribution is 5.78. The Hall–Kier alpha value is -3.12. The number of aliphatic hydroxyl groups is 1. The number of aromatic nitrogens is 2. The minimum atomic E-state index is -0.449. The number of hydrogen-bond donors (Lipinski definition) is 4. The molecule has 0 fully saturated rings. The Morgan fingerprint density at radius 2 is 1.57 bits per heavy atom. The molecule has 3 rings (SSSR count). The van der Waals surface area contributed by atoms with E-state index in [-0.39, 0.29) is 11.9 Å². The van der Waals surface area contributed by atoms with Crippen molar-refractivity contribution in [1.29, 1.82) is 0 Å². The zero-order valence-electron chi connectivity index (χ0n) is 16.5. The van der Waals surface area contributed by atoms with E-state index in [1.54, 1.807) is 6.92 Å². The number of aliphatic hydroxyl groups excluding tert-OH is 1. The van der Waals surface area contributed by atoms with Gasteiger partial charge in [0.1, 0.15) is 5.82 Å². The summed E-state index contributed by atoms with van der Waals surface area (Å²) in [5.74, 6) is 0.782. The fourth-order valence-corrected chi connectivity index (χ4v) is 3.10. The number of anilines is 3. The van der Waals surface area contributed by atoms with E-state index in [9.17, 15) is 5.11 Å². The smallest absolute Gasteiger partial charge is 0.222 e. The Kier molecular flexibility index (Phi) is 5.80. The summed E-state index contributed by atoms with van der Waals surface area (Å²) in [4.78, 5) is 8.50. The van der Waals surface area contributed by atoms with Gasteiger partial charge >= 0.3 is 0 Å². The maximum atomic E-state index is 9.59. The first-order chi connectivity index (χ1) is 13.3. The van der Waals surface area contributed by atoms with E-state index < -0.39 is 6.10 Å². The third-order valence-corrected chi connectivity index (χ3v) is 4.66. The minimum absolute atomic E-state index is 0.185. The van der Waals surface area contributed by atoms with Crippen molar-refractivity contribution >= 4 is 17.5 Å². The van der Waals surface area contributed by atoms with Crippen LogP contribution in [0, 0.1) is 0 Å². The lowest BCUT2D eigenvalue weighted by atomic mass is 9.98. The minimum Gasteiger partial charge on any atom is -0.389 e. The highest BCUT2D eigenvalue weighted by Crippen LogP contribution is 2.33. The van der Waals surface area contributed by atoms with Crippen LogP contribution in [-0.2, 0) is 6.54 Å². The van der Waals surface area contributed by atoms with Gasteiger partial charge in [0, 0.05) is 17.8 Å². The van der Waals surface area contributed by atoms with Crippen molar-refractivity contribution < 1.29 is 5.11 Å². The first-order valence-corrected chi connectivity index (χ1v) is 9.39. The number of nitrogens with one attached hydrogen (secondary N) is 1. The molecule has 0 bridgehead atoms. The van der Waals surface area contributed by atoms with Gasteiger partial charge in [-0.1, -0.05) is 50.2 Å². The molecule has 3 aromatic rings. The van der Waals surface area contributed by atoms with Crippen LogP contribution in [0.5, 0.6) is 0 Å². The highest BCUT2D eigenvalue weighted by atomic mass is 16.3. The van der Waals surface area contributed by atoms with Gasteiger partial charge in [0.25, 0.3) is 0 Å². The lowest BCUT2D eigenvalue weighted by molar-refractivity contribution is 0.199. The predicted octanol–water partition coefficient (Wildman–Crippen LogP) is 4.10. The van der Waals surface area contributed by atoms with Gasteiger partial charge in [-0.25, -0.2) is 4.98 Å². The monoisotopic (exact) mass is 377 g/mol. The quantitative estimate of drug-likeness (QED) is 0.515. The Morgan fingerprint density at radius 1 is 0.929 bits per heavy atom. The van der Waals surface area contributed by atoms with Crippen molar-refractivity contribution in [2.24, 2.45) is 0 Å². The molecule has 1 atom stereocenters. The van der Waals surface area contributed by atoms with Crippen molar-refractivity contribution in [3.05, 3.63) is 65.4 Å². The zero-order chi connectivity index (χ0) is 20.3. The molecule has 6 nitrogen and oxygen atoms in total. The van der Waals surface area contributed by atoms with Crippen LogP contribution in [0.25, 0.3) is 11.1 Å². The van der Waals surface area contributed by atoms with Gasteiger partial charge in [-0.3, -0.25) is 0 Å². The number of benzene rings is 2. The fourth-order valence-electron chi connectivity index (χ4n) is 3.10. The van der Waals surface area contributed by atoms with Crippen molar-refractivity contribution in [2.45, 2.75) is 39.3 Å². The maximum absolute atomic E-state index is 9.59. The summed E-state index contributed by atoms with van der Waals surface area (Å²) >= 11 is 0. The van der Waals surface area contributed by atoms with Gasteiger partial charge in [-0.2, -0.15) is 4.98 Å². The average Bonchev–Trinajstić information content (AvgIpc) is 2.66. The number of nitrogens with two attached hydrogens (primary N) is 2. The Morgan fingerprint density at radius 3 is 2.14 bits per heavy atom. The molecule has 6 N–H and O–H groups in total. The maximum Gasteiger partial charge on any atom is 0.222 e. The molecule has 0 saturated carbocycles. The SMILES string of the molecule is CC(C)c1nc(N)nc(N)c1-c1ccc(NCc2ccc(C(C)O)cc2)cc1. The number of nitrogens with zero attached hydrogens (tertiary/aromatic N) is 2. The Balaban J connectivity index is 1.75. The molecule has 0 saturated heterocycles. The topological polar surface area (TPSA) is 110 Å². The van der Waals surface area contributed by atoms with Crippen LogP contribution < -0.4 is 16.8 Å². The van der Waals surface area contributed by atoms with Crippen molar-refractivity contribution in [3.8, 4) is 11.1 Å². The largest absolute Gasteiger partial charge is 0.389 e. The first-order valence-electron chi connectivity index (χ1n) is 9.39. The summed E-state index contributed by atoms with van der Waals surface area (Å²) in [6.07, 6.45) is -0.449. The van der Waals surface area contributed by atoms with E-state index in [1.807, 2.05) is 48.5 Å². The normalized spacial score (nSPS) is 12.2. The molecule has 0 aliphatic carbocycles. The molecule has 146 valence electrons. The molecule has 1 heterocycles. The van der Waals surface area contributed by atoms with Crippen LogP contribution in [-0.4, -0.2) is 15.1 Å². The van der Waals surface area contributed by atoms with Gasteiger partial charge in [0.15, 0.2) is 0 Å². The molecule has 2 aromatic carbocycles. The van der Waals surface area contributed by atoms with Crippen LogP contribution in [0.4, 0.5) is 17.5 Å². The summed E-state index contributed by atoms with van der Waals surface area (Å²) in [6.45, 7) is 6.58. The summed E-state index contributed by atoms with van der Waals surface area (Å²) in [5, 5.41) is 13.0. The lowest BCUT2D eigenvalue weighted by Gasteiger charge is -2.15. The molecular formula is C22H27N5O. The number of rotatable bonds is 6. The van der Waals surface area contributed by atoms with E-state index in [2.05, 4.69) is 29.1 Å². The molecule has 0 aliphatic rings. The molecule has 0 spiro atoms. The van der Waals surface area contributed by atoms with Crippen molar-refractivity contribution in [1.82, 2.24) is 9.97 Å². The van der Waals surface area contributed by atoms with Crippen molar-refractivity contribution in [3.63, 3.8) is 0 Å². The van der Waals surface area contributed by atoms with E-state index in [4.69, 9.17) is 11.5 Å². The van der Waals surface area contributed by atoms with E-state index in [1.165, 1.54) is 0 Å². The third kappa shape index (κ3) is 4.40. The second-order valence-corrected chi connectivity index (χ2v) is 7.23. The van der Waals surface area contributed by atoms with Gasteiger partial charge in [0.05, 0.1) is 11.8 Å². The summed E-state index contributed by atoms with van der Waals surface area (Å²) in [5.41, 5.74) is 17.6. The molecule has 1 aromatic heterocycles. The fraction of sp³-hybridized carbons (Fsp3) is 0.273. The Bertz CT molecular complexity index is 934. The van der Waals surface area contributed by atoms with Gasteiger partial charge in [0.2, 0.25) is 5.95 Å². The van der Waals surface area contributed by atoms with Crippen molar-refractivity contribution in [2.75, 3.05) is 16.8 Å². The standard InChI is InChI=1S/C22H27N5O/c1-13(2)20-19(21(23)27-22(24)26-20)17-8-10-18(11-9-17)25-12-15-4-6-16(7-5-15)14(3)28/h4-11,13-14,25,28H,12H2,1-3H3,(H4,23,24,26,27). The number of nitrogen functional groups attached to an aromatic ring is 2. The molecule has 0 aliphatic heterocycles. The van der Waals surface area contributed by atoms with Gasteiger partial charge in [-0.05, 0) is 41.7 Å². The van der Waals surface area contributed by atoms with Crippen LogP contribution >= 0.6 is 0 Å². The van der Waals surface area contributed by atoms with E-state index >= 15 is 0 Å². The molecule has 28 heavy (non-hydrogen) atoms. The third-order valence-electron chi connectivity index (χ3n) is 4.66. The Labute approximate surface area is 165 Å². The van der Waals surface area contributed by atoms with Gasteiger partial charge in [-0.15, -0.1) is 0 Å². The van der Waals surface area contributed by atoms with E-state index in [0.717, 1.165) is 33.6 Å². The van der Waals surface area contributed by atoms with Crippen LogP contribution in [0.3, 0.4) is 0 Å². The van der Waals surface area contributed by atoms with Crippen LogP contribution in [0.15, 0.2) is 48.5 Å². The summed E-state index contributed by atoms with van der Waals surface area (Å²) < 4.78 is 0. The first kappa shape index (κ1) is 19.6. The zero-order valence-corrected chi connectivity index (χ0v) is 16.5. The average molecular weight is 377 g/mol. The predicted molar refractivity (Wildman–Crippen MR) is 115 cm³/mol. The van der Waals surface area contributed by atoms with Gasteiger partial charge < -0.3 is 21.9 Å². The molecule has 0 radical (unpaired) electrons. The van der Waals surface area contributed by atoms with Crippen LogP contribution in [0.2, 0.25) is 0 Å². The highest BCUT2D eigenvalue weighted by Gasteiger charge is 2.16. The molecule has 1 unspecified atom stereocenters. The molecule has 6 heteroatoms. The molecular weight excluding hydrogens is 350 g/mol. The molecule has 0 amide bonds. The summed E-state index contributed by atoms with van der Waals surface area (Å²) in [6, 6.07) is 16.0. The second kappa shape index (κ2) is 8.27. The second-order valence-electron chi connectivity index (χ2n) is 7.23. The summed E-state index contributed by atoms with van der Waals surface area (Å²) in [7, 11) is 0. The van der Waals surface area contributed by atoms with Crippen LogP contribution in [0.1, 0.15) is 49.6 Å². The number of hydrogen-bond acceptors (Lipinski definition) is 6. The van der Waals surface area contributed by atoms with E-state index in [0.29, 0.717) is 12.4 Å².